The number of aromatic hydroxyl groups is 1. The number of nitrogens with zero attached hydrogens (tertiary/aromatic N) is 3. The van der Waals surface area contributed by atoms with Crippen molar-refractivity contribution in [3.63, 3.8) is 0 Å². The Labute approximate surface area is 392 Å². The maximum absolute atomic E-state index is 12.5. The van der Waals surface area contributed by atoms with Gasteiger partial charge >= 0.3 is 0 Å². The Balaban J connectivity index is 0.00000630. The first-order valence-corrected chi connectivity index (χ1v) is 21.7. The number of pyridine rings is 1. The van der Waals surface area contributed by atoms with Gasteiger partial charge in [-0.1, -0.05) is 185 Å². The fraction of sp³-hybridized carbons (Fsp3) is 0.276. The number of para-hydroxylation sites is 1. The summed E-state index contributed by atoms with van der Waals surface area (Å²) in [7, 11) is 0. The number of benzene rings is 6. The molecule has 8 aromatic rings. The van der Waals surface area contributed by atoms with Crippen LogP contribution in [0, 0.1) is 6.07 Å². The van der Waals surface area contributed by atoms with Crippen LogP contribution >= 0.6 is 0 Å². The number of phenolic OH excluding ortho intramolecular Hbond substituents is 1. The van der Waals surface area contributed by atoms with E-state index in [1.165, 1.54) is 5.56 Å². The minimum Gasteiger partial charge on any atom is -0.507 e. The van der Waals surface area contributed by atoms with Crippen molar-refractivity contribution in [2.24, 2.45) is 0 Å². The standard InChI is InChI=1S/C58H60N3O.Pt/c1-55(2,3)42-26-27-50(46(34-42)38-22-17-14-18-23-38)61-51-25-19-24-45(52(51)60-54(61)47-35-44(57(7,8)9)36-48(53(47)62)58(10,11)12)40-30-41(32-43(31-40)56(4,5)6)49-33-39(28-29-59-49)37-20-15-13-16-21-37;/h13-29,31-36,62H,1-12H3;/q-1;/i28D,33D;. The van der Waals surface area contributed by atoms with E-state index in [-0.39, 0.29) is 60.6 Å². The molecule has 2 aromatic heterocycles. The Morgan fingerprint density at radius 3 is 1.76 bits per heavy atom. The van der Waals surface area contributed by atoms with Gasteiger partial charge < -0.3 is 5.11 Å². The van der Waals surface area contributed by atoms with E-state index in [1.807, 2.05) is 36.4 Å². The third kappa shape index (κ3) is 9.11. The molecule has 0 aliphatic heterocycles. The predicted molar refractivity (Wildman–Crippen MR) is 261 cm³/mol. The van der Waals surface area contributed by atoms with Gasteiger partial charge in [0.2, 0.25) is 0 Å². The van der Waals surface area contributed by atoms with Gasteiger partial charge in [0.15, 0.2) is 0 Å². The van der Waals surface area contributed by atoms with Crippen LogP contribution in [0.4, 0.5) is 0 Å². The number of imidazole rings is 1. The summed E-state index contributed by atoms with van der Waals surface area (Å²) in [6.45, 7) is 26.3. The molecule has 0 saturated heterocycles. The van der Waals surface area contributed by atoms with Crippen LogP contribution in [-0.2, 0) is 42.7 Å². The molecule has 8 rings (SSSR count). The van der Waals surface area contributed by atoms with Crippen molar-refractivity contribution in [2.45, 2.75) is 105 Å². The molecule has 4 nitrogen and oxygen atoms in total. The molecule has 63 heavy (non-hydrogen) atoms. The Morgan fingerprint density at radius 1 is 0.556 bits per heavy atom. The Hall–Kier alpha value is -5.57. The molecule has 6 aromatic carbocycles. The molecule has 0 bridgehead atoms. The Morgan fingerprint density at radius 2 is 1.14 bits per heavy atom. The van der Waals surface area contributed by atoms with Crippen LogP contribution in [0.2, 0.25) is 0 Å². The van der Waals surface area contributed by atoms with Crippen LogP contribution in [0.5, 0.6) is 5.75 Å². The molecule has 1 N–H and O–H groups in total. The quantitative estimate of drug-likeness (QED) is 0.169. The maximum atomic E-state index is 12.5. The van der Waals surface area contributed by atoms with Gasteiger partial charge in [0, 0.05) is 44.1 Å². The molecule has 0 spiro atoms. The summed E-state index contributed by atoms with van der Waals surface area (Å²) in [5, 5.41) is 12.5. The van der Waals surface area contributed by atoms with Gasteiger partial charge in [-0.05, 0) is 79.8 Å². The van der Waals surface area contributed by atoms with Crippen LogP contribution in [0.3, 0.4) is 0 Å². The van der Waals surface area contributed by atoms with Gasteiger partial charge in [-0.3, -0.25) is 9.55 Å². The maximum Gasteiger partial charge on any atom is 0.148 e. The van der Waals surface area contributed by atoms with E-state index in [9.17, 15) is 6.48 Å². The van der Waals surface area contributed by atoms with E-state index in [0.29, 0.717) is 28.2 Å². The molecule has 0 saturated carbocycles. The van der Waals surface area contributed by atoms with Crippen molar-refractivity contribution in [2.75, 3.05) is 0 Å². The van der Waals surface area contributed by atoms with E-state index in [4.69, 9.17) is 11.3 Å². The first-order chi connectivity index (χ1) is 30.0. The molecule has 0 radical (unpaired) electrons. The van der Waals surface area contributed by atoms with Crippen molar-refractivity contribution in [1.82, 2.24) is 14.5 Å². The number of hydrogen-bond acceptors (Lipinski definition) is 3. The van der Waals surface area contributed by atoms with Crippen molar-refractivity contribution in [3.8, 4) is 67.5 Å². The van der Waals surface area contributed by atoms with Crippen LogP contribution in [0.25, 0.3) is 72.7 Å². The summed E-state index contributed by atoms with van der Waals surface area (Å²) in [5.74, 6) is 0.856. The molecule has 5 heteroatoms. The van der Waals surface area contributed by atoms with E-state index in [2.05, 4.69) is 179 Å². The van der Waals surface area contributed by atoms with Crippen molar-refractivity contribution in [1.29, 1.82) is 0 Å². The zero-order valence-electron chi connectivity index (χ0n) is 40.7. The summed E-state index contributed by atoms with van der Waals surface area (Å²) in [4.78, 5) is 10.4. The van der Waals surface area contributed by atoms with Gasteiger partial charge in [0.05, 0.1) is 25.0 Å². The third-order valence-corrected chi connectivity index (χ3v) is 11.9. The van der Waals surface area contributed by atoms with E-state index >= 15 is 0 Å². The first kappa shape index (κ1) is 42.7. The molecule has 324 valence electrons. The molecule has 0 aliphatic rings. The molecule has 0 atom stereocenters. The average Bonchev–Trinajstić information content (AvgIpc) is 3.62. The second-order valence-corrected chi connectivity index (χ2v) is 20.8. The second-order valence-electron chi connectivity index (χ2n) is 20.8. The normalized spacial score (nSPS) is 12.8. The Bertz CT molecular complexity index is 3050. The number of aromatic nitrogens is 3. The number of phenols is 1. The summed E-state index contributed by atoms with van der Waals surface area (Å²) in [6.07, 6.45) is 1.54. The van der Waals surface area contributed by atoms with E-state index in [1.54, 1.807) is 6.20 Å². The number of rotatable bonds is 6. The summed E-state index contributed by atoms with van der Waals surface area (Å²) in [6, 6.07) is 45.9. The van der Waals surface area contributed by atoms with Crippen LogP contribution < -0.4 is 0 Å². The minimum absolute atomic E-state index is 0. The van der Waals surface area contributed by atoms with Gasteiger partial charge in [0.25, 0.3) is 0 Å². The fourth-order valence-corrected chi connectivity index (χ4v) is 8.12. The second kappa shape index (κ2) is 16.9. The van der Waals surface area contributed by atoms with Crippen molar-refractivity contribution in [3.05, 3.63) is 168 Å². The van der Waals surface area contributed by atoms with Gasteiger partial charge in [0.1, 0.15) is 11.6 Å². The van der Waals surface area contributed by atoms with Gasteiger partial charge in [-0.25, -0.2) is 4.98 Å². The minimum atomic E-state index is -0.353. The topological polar surface area (TPSA) is 50.9 Å². The first-order valence-electron chi connectivity index (χ1n) is 22.7. The smallest absolute Gasteiger partial charge is 0.148 e. The van der Waals surface area contributed by atoms with E-state index < -0.39 is 0 Å². The largest absolute Gasteiger partial charge is 0.507 e. The van der Waals surface area contributed by atoms with Crippen molar-refractivity contribution >= 4 is 11.0 Å². The number of fused-ring (bicyclic) bond motifs is 1. The zero-order valence-corrected chi connectivity index (χ0v) is 41.0. The van der Waals surface area contributed by atoms with Crippen LogP contribution in [-0.4, -0.2) is 19.6 Å². The van der Waals surface area contributed by atoms with Gasteiger partial charge in [-0.2, -0.15) is 0 Å². The molecule has 2 heterocycles. The monoisotopic (exact) mass is 1010 g/mol. The number of hydrogen-bond donors (Lipinski definition) is 1. The molecule has 0 fully saturated rings. The van der Waals surface area contributed by atoms with E-state index in [0.717, 1.165) is 61.2 Å². The predicted octanol–water partition coefficient (Wildman–Crippen LogP) is 15.4. The molecular weight excluding hydrogens is 950 g/mol. The molecule has 0 amide bonds. The summed E-state index contributed by atoms with van der Waals surface area (Å²) < 4.78 is 20.5. The third-order valence-electron chi connectivity index (χ3n) is 11.9. The van der Waals surface area contributed by atoms with Crippen LogP contribution in [0.15, 0.2) is 140 Å². The summed E-state index contributed by atoms with van der Waals surface area (Å²) in [5.41, 5.74) is 12.9. The fourth-order valence-electron chi connectivity index (χ4n) is 8.12. The van der Waals surface area contributed by atoms with Crippen LogP contribution in [0.1, 0.15) is 108 Å². The Kier molecular flexibility index (Phi) is 11.4. The SMILES string of the molecule is [2H]c1cnc(-c2[c-]c(-c3cccc4c3nc(-c3cc(C(C)(C)C)cc(C(C)(C)C)c3O)n4-c3ccc(C(C)(C)C)cc3-c3ccccc3)cc(C(C)(C)C)c2)c([2H])c1-c1ccccc1.[Pt]. The molecule has 0 unspecified atom stereocenters. The molecular formula is C58H60N3OPt-. The average molecular weight is 1010 g/mol. The zero-order chi connectivity index (χ0) is 46.1. The summed E-state index contributed by atoms with van der Waals surface area (Å²) >= 11 is 0. The molecule has 0 aliphatic carbocycles. The van der Waals surface area contributed by atoms with Crippen molar-refractivity contribution < 1.29 is 28.9 Å². The van der Waals surface area contributed by atoms with Gasteiger partial charge in [-0.15, -0.1) is 29.3 Å².